The van der Waals surface area contributed by atoms with Crippen molar-refractivity contribution < 1.29 is 13.2 Å². The second-order valence-electron chi connectivity index (χ2n) is 7.56. The first-order chi connectivity index (χ1) is 13.8. The molecule has 0 spiro atoms. The monoisotopic (exact) mass is 415 g/mol. The summed E-state index contributed by atoms with van der Waals surface area (Å²) in [5.41, 5.74) is 4.57. The molecule has 1 aliphatic rings. The van der Waals surface area contributed by atoms with Crippen molar-refractivity contribution in [3.8, 4) is 0 Å². The number of fused-ring (bicyclic) bond motifs is 1. The van der Waals surface area contributed by atoms with Crippen molar-refractivity contribution >= 4 is 27.3 Å². The highest BCUT2D eigenvalue weighted by molar-refractivity contribution is 7.92. The highest BCUT2D eigenvalue weighted by Gasteiger charge is 2.17. The highest BCUT2D eigenvalue weighted by atomic mass is 32.2. The summed E-state index contributed by atoms with van der Waals surface area (Å²) in [5, 5.41) is 2.97. The van der Waals surface area contributed by atoms with E-state index in [0.29, 0.717) is 17.8 Å². The van der Waals surface area contributed by atoms with E-state index in [4.69, 9.17) is 0 Å². The smallest absolute Gasteiger partial charge is 0.251 e. The van der Waals surface area contributed by atoms with Crippen LogP contribution in [0.4, 0.5) is 11.4 Å². The normalized spacial score (nSPS) is 13.7. The minimum atomic E-state index is -3.33. The predicted octanol–water partition coefficient (Wildman–Crippen LogP) is 2.96. The van der Waals surface area contributed by atoms with Gasteiger partial charge in [0.25, 0.3) is 5.91 Å². The van der Waals surface area contributed by atoms with Gasteiger partial charge in [-0.15, -0.1) is 0 Å². The van der Waals surface area contributed by atoms with Crippen LogP contribution in [0.5, 0.6) is 0 Å². The summed E-state index contributed by atoms with van der Waals surface area (Å²) in [6, 6.07) is 13.6. The number of para-hydroxylation sites is 1. The minimum absolute atomic E-state index is 0.138. The summed E-state index contributed by atoms with van der Waals surface area (Å²) < 4.78 is 24.7. The van der Waals surface area contributed by atoms with Crippen molar-refractivity contribution in [2.75, 3.05) is 42.1 Å². The first-order valence-corrected chi connectivity index (χ1v) is 11.8. The Hall–Kier alpha value is -2.54. The quantitative estimate of drug-likeness (QED) is 0.706. The van der Waals surface area contributed by atoms with E-state index in [2.05, 4.69) is 34.5 Å². The summed E-state index contributed by atoms with van der Waals surface area (Å²) in [7, 11) is -1.82. The molecule has 1 amide bonds. The molecule has 6 nitrogen and oxygen atoms in total. The lowest BCUT2D eigenvalue weighted by Gasteiger charge is -2.31. The number of benzene rings is 2. The molecule has 1 N–H and O–H groups in total. The Kier molecular flexibility index (Phi) is 6.47. The molecule has 7 heteroatoms. The third-order valence-corrected chi connectivity index (χ3v) is 6.58. The van der Waals surface area contributed by atoms with Crippen LogP contribution in [-0.4, -0.2) is 47.3 Å². The minimum Gasteiger partial charge on any atom is -0.371 e. The van der Waals surface area contributed by atoms with Gasteiger partial charge < -0.3 is 10.2 Å². The number of hydrogen-bond acceptors (Lipinski definition) is 4. The average Bonchev–Trinajstić information content (AvgIpc) is 2.70. The Balaban J connectivity index is 1.53. The van der Waals surface area contributed by atoms with Gasteiger partial charge in [0.05, 0.1) is 11.9 Å². The van der Waals surface area contributed by atoms with Gasteiger partial charge in [0.15, 0.2) is 0 Å². The lowest BCUT2D eigenvalue weighted by atomic mass is 10.0. The number of hydrogen-bond donors (Lipinski definition) is 1. The van der Waals surface area contributed by atoms with Gasteiger partial charge in [-0.2, -0.15) is 0 Å². The van der Waals surface area contributed by atoms with Crippen LogP contribution in [0.15, 0.2) is 42.5 Å². The van der Waals surface area contributed by atoms with E-state index in [1.54, 1.807) is 18.2 Å². The van der Waals surface area contributed by atoms with Crippen LogP contribution in [0, 0.1) is 6.92 Å². The van der Waals surface area contributed by atoms with E-state index in [-0.39, 0.29) is 5.91 Å². The van der Waals surface area contributed by atoms with Crippen molar-refractivity contribution in [1.29, 1.82) is 0 Å². The largest absolute Gasteiger partial charge is 0.371 e. The number of sulfonamides is 1. The third-order valence-electron chi connectivity index (χ3n) is 5.39. The molecule has 3 rings (SSSR count). The van der Waals surface area contributed by atoms with Crippen molar-refractivity contribution in [2.45, 2.75) is 26.2 Å². The van der Waals surface area contributed by atoms with Crippen LogP contribution in [0.1, 0.15) is 34.3 Å². The molecule has 2 aromatic rings. The molecule has 1 heterocycles. The fraction of sp³-hybridized carbons (Fsp3) is 0.409. The molecule has 0 bridgehead atoms. The van der Waals surface area contributed by atoms with Crippen LogP contribution in [-0.2, 0) is 16.4 Å². The molecule has 0 aromatic heterocycles. The molecule has 0 saturated heterocycles. The van der Waals surface area contributed by atoms with Gasteiger partial charge in [-0.3, -0.25) is 9.10 Å². The summed E-state index contributed by atoms with van der Waals surface area (Å²) >= 11 is 0. The topological polar surface area (TPSA) is 69.7 Å². The Morgan fingerprint density at radius 3 is 2.69 bits per heavy atom. The van der Waals surface area contributed by atoms with Crippen molar-refractivity contribution in [2.24, 2.45) is 0 Å². The lowest BCUT2D eigenvalue weighted by Crippen LogP contribution is -2.33. The molecule has 1 aliphatic heterocycles. The first kappa shape index (κ1) is 21.2. The van der Waals surface area contributed by atoms with Crippen LogP contribution >= 0.6 is 0 Å². The zero-order chi connectivity index (χ0) is 21.0. The molecule has 0 unspecified atom stereocenters. The van der Waals surface area contributed by atoms with Crippen molar-refractivity contribution in [3.63, 3.8) is 0 Å². The zero-order valence-electron chi connectivity index (χ0n) is 17.3. The van der Waals surface area contributed by atoms with Crippen LogP contribution in [0.3, 0.4) is 0 Å². The zero-order valence-corrected chi connectivity index (χ0v) is 18.1. The maximum Gasteiger partial charge on any atom is 0.251 e. The number of anilines is 2. The Bertz CT molecular complexity index is 989. The van der Waals surface area contributed by atoms with Crippen LogP contribution in [0.2, 0.25) is 0 Å². The molecular formula is C22H29N3O3S. The number of nitrogens with zero attached hydrogens (tertiary/aromatic N) is 2. The van der Waals surface area contributed by atoms with Gasteiger partial charge in [0.2, 0.25) is 10.0 Å². The number of rotatable bonds is 7. The molecule has 0 aliphatic carbocycles. The predicted molar refractivity (Wildman–Crippen MR) is 118 cm³/mol. The molecular weight excluding hydrogens is 386 g/mol. The Morgan fingerprint density at radius 1 is 1.21 bits per heavy atom. The summed E-state index contributed by atoms with van der Waals surface area (Å²) in [6.45, 7) is 4.37. The number of amides is 1. The van der Waals surface area contributed by atoms with E-state index in [1.807, 2.05) is 6.92 Å². The SMILES string of the molecule is Cc1cc(C(=O)NCCCN2CCCc3ccccc32)ccc1N(C)S(C)(=O)=O. The van der Waals surface area contributed by atoms with Gasteiger partial charge in [0, 0.05) is 37.9 Å². The van der Waals surface area contributed by atoms with Gasteiger partial charge in [-0.1, -0.05) is 18.2 Å². The molecule has 0 radical (unpaired) electrons. The van der Waals surface area contributed by atoms with Crippen LogP contribution in [0.25, 0.3) is 0 Å². The first-order valence-electron chi connectivity index (χ1n) is 9.93. The number of nitrogens with one attached hydrogen (secondary N) is 1. The molecule has 29 heavy (non-hydrogen) atoms. The maximum absolute atomic E-state index is 12.5. The van der Waals surface area contributed by atoms with Crippen molar-refractivity contribution in [1.82, 2.24) is 5.32 Å². The van der Waals surface area contributed by atoms with Gasteiger partial charge in [-0.25, -0.2) is 8.42 Å². The molecule has 156 valence electrons. The van der Waals surface area contributed by atoms with Gasteiger partial charge in [-0.05, 0) is 61.6 Å². The summed E-state index contributed by atoms with van der Waals surface area (Å²) in [6.07, 6.45) is 4.33. The van der Waals surface area contributed by atoms with Crippen LogP contribution < -0.4 is 14.5 Å². The van der Waals surface area contributed by atoms with E-state index in [9.17, 15) is 13.2 Å². The van der Waals surface area contributed by atoms with Gasteiger partial charge in [0.1, 0.15) is 0 Å². The lowest BCUT2D eigenvalue weighted by molar-refractivity contribution is 0.0953. The third kappa shape index (κ3) is 5.09. The standard InChI is InChI=1S/C22H29N3O3S/c1-17-16-19(11-12-20(17)24(2)29(3,27)28)22(26)23-13-7-15-25-14-6-9-18-8-4-5-10-21(18)25/h4-5,8,10-12,16H,6-7,9,13-15H2,1-3H3,(H,23,26). The Morgan fingerprint density at radius 2 is 1.97 bits per heavy atom. The summed E-state index contributed by atoms with van der Waals surface area (Å²) in [4.78, 5) is 14.9. The highest BCUT2D eigenvalue weighted by Crippen LogP contribution is 2.26. The second kappa shape index (κ2) is 8.86. The van der Waals surface area contributed by atoms with Gasteiger partial charge >= 0.3 is 0 Å². The molecule has 2 aromatic carbocycles. The number of carbonyl (C=O) groups is 1. The molecule has 0 fully saturated rings. The van der Waals surface area contributed by atoms with E-state index < -0.39 is 10.0 Å². The summed E-state index contributed by atoms with van der Waals surface area (Å²) in [5.74, 6) is -0.138. The Labute approximate surface area is 173 Å². The molecule has 0 atom stereocenters. The fourth-order valence-corrected chi connectivity index (χ4v) is 4.31. The van der Waals surface area contributed by atoms with E-state index >= 15 is 0 Å². The van der Waals surface area contributed by atoms with E-state index in [1.165, 1.54) is 22.6 Å². The molecule has 0 saturated carbocycles. The maximum atomic E-state index is 12.5. The second-order valence-corrected chi connectivity index (χ2v) is 9.57. The van der Waals surface area contributed by atoms with Crippen molar-refractivity contribution in [3.05, 3.63) is 59.2 Å². The van der Waals surface area contributed by atoms with E-state index in [0.717, 1.165) is 44.2 Å². The fourth-order valence-electron chi connectivity index (χ4n) is 3.75. The average molecular weight is 416 g/mol. The number of carbonyl (C=O) groups excluding carboxylic acids is 1. The number of aryl methyl sites for hydroxylation is 2.